The van der Waals surface area contributed by atoms with Gasteiger partial charge in [-0.05, 0) is 78.9 Å². The van der Waals surface area contributed by atoms with Crippen molar-refractivity contribution < 1.29 is 42.1 Å². The molecule has 3 aromatic carbocycles. The highest BCUT2D eigenvalue weighted by Crippen LogP contribution is 2.40. The Morgan fingerprint density at radius 2 is 1.80 bits per heavy atom. The maximum Gasteiger partial charge on any atom is 0.416 e. The molecule has 1 fully saturated rings. The molecule has 0 aliphatic heterocycles. The first-order chi connectivity index (χ1) is 21.4. The summed E-state index contributed by atoms with van der Waals surface area (Å²) in [4.78, 5) is 50.2. The Morgan fingerprint density at radius 3 is 2.49 bits per heavy atom. The number of carboxylic acids is 1. The van der Waals surface area contributed by atoms with Crippen molar-refractivity contribution in [2.24, 2.45) is 17.8 Å². The van der Waals surface area contributed by atoms with Gasteiger partial charge in [-0.2, -0.15) is 13.2 Å². The number of carboxylic acid groups (broad SMARTS) is 1. The maximum absolute atomic E-state index is 13.4. The number of carbonyl (C=O) groups excluding carboxylic acids is 2. The molecule has 1 aliphatic carbocycles. The molecule has 4 aromatic rings. The number of amides is 1. The lowest BCUT2D eigenvalue weighted by Gasteiger charge is -2.20. The van der Waals surface area contributed by atoms with Crippen LogP contribution in [0.15, 0.2) is 71.5 Å². The van der Waals surface area contributed by atoms with Crippen LogP contribution < -0.4 is 15.6 Å². The number of rotatable bonds is 9. The van der Waals surface area contributed by atoms with Crippen LogP contribution in [0.4, 0.5) is 23.7 Å². The van der Waals surface area contributed by atoms with E-state index in [1.165, 1.54) is 19.2 Å². The first-order valence-electron chi connectivity index (χ1n) is 13.8. The van der Waals surface area contributed by atoms with Crippen molar-refractivity contribution >= 4 is 34.4 Å². The molecule has 45 heavy (non-hydrogen) atoms. The molecular formula is C31H27F3N4O7. The number of nitrogens with zero attached hydrogens (tertiary/aromatic N) is 3. The summed E-state index contributed by atoms with van der Waals surface area (Å²) < 4.78 is 50.8. The largest absolute Gasteiger partial charge is 0.489 e. The van der Waals surface area contributed by atoms with Crippen LogP contribution in [-0.4, -0.2) is 45.1 Å². The summed E-state index contributed by atoms with van der Waals surface area (Å²) >= 11 is 0. The van der Waals surface area contributed by atoms with E-state index in [-0.39, 0.29) is 48.2 Å². The fourth-order valence-electron chi connectivity index (χ4n) is 5.55. The van der Waals surface area contributed by atoms with E-state index >= 15 is 0 Å². The molecule has 1 aromatic heterocycles. The van der Waals surface area contributed by atoms with Crippen molar-refractivity contribution in [1.29, 1.82) is 0 Å². The first kappa shape index (κ1) is 31.2. The smallest absolute Gasteiger partial charge is 0.416 e. The van der Waals surface area contributed by atoms with Crippen molar-refractivity contribution in [2.45, 2.75) is 32.2 Å². The lowest BCUT2D eigenvalue weighted by atomic mass is 9.84. The topological polar surface area (TPSA) is 150 Å². The fraction of sp³-hybridized carbons (Fsp3) is 0.290. The molecule has 1 saturated carbocycles. The molecule has 0 bridgehead atoms. The van der Waals surface area contributed by atoms with Crippen LogP contribution in [-0.2, 0) is 28.9 Å². The van der Waals surface area contributed by atoms with Gasteiger partial charge in [0.1, 0.15) is 17.9 Å². The number of methoxy groups -OCH3 is 1. The zero-order chi connectivity index (χ0) is 32.3. The molecule has 1 aliphatic rings. The summed E-state index contributed by atoms with van der Waals surface area (Å²) in [7, 11) is 1.26. The molecule has 2 N–H and O–H groups in total. The van der Waals surface area contributed by atoms with Crippen LogP contribution in [0.25, 0.3) is 10.9 Å². The molecule has 14 heteroatoms. The number of benzene rings is 3. The quantitative estimate of drug-likeness (QED) is 0.240. The van der Waals surface area contributed by atoms with Gasteiger partial charge in [-0.25, -0.2) is 9.48 Å². The fourth-order valence-corrected chi connectivity index (χ4v) is 5.55. The molecule has 1 amide bonds. The molecule has 0 saturated heterocycles. The van der Waals surface area contributed by atoms with E-state index in [2.05, 4.69) is 20.4 Å². The van der Waals surface area contributed by atoms with Crippen LogP contribution in [0.1, 0.15) is 34.3 Å². The number of aromatic nitrogens is 3. The van der Waals surface area contributed by atoms with Gasteiger partial charge in [0.15, 0.2) is 5.78 Å². The summed E-state index contributed by atoms with van der Waals surface area (Å²) in [5, 5.41) is 20.0. The highest BCUT2D eigenvalue weighted by molar-refractivity contribution is 6.00. The Balaban J connectivity index is 1.27. The van der Waals surface area contributed by atoms with Gasteiger partial charge in [-0.15, -0.1) is 5.10 Å². The minimum atomic E-state index is -4.66. The van der Waals surface area contributed by atoms with Crippen LogP contribution in [0, 0.1) is 17.8 Å². The van der Waals surface area contributed by atoms with Gasteiger partial charge < -0.3 is 14.6 Å². The van der Waals surface area contributed by atoms with E-state index in [1.807, 2.05) is 0 Å². The lowest BCUT2D eigenvalue weighted by molar-refractivity contribution is -0.144. The van der Waals surface area contributed by atoms with E-state index in [9.17, 15) is 37.5 Å². The molecule has 0 radical (unpaired) electrons. The Bertz CT molecular complexity index is 1810. The van der Waals surface area contributed by atoms with Crippen LogP contribution >= 0.6 is 0 Å². The zero-order valence-electron chi connectivity index (χ0n) is 23.8. The predicted molar refractivity (Wildman–Crippen MR) is 154 cm³/mol. The van der Waals surface area contributed by atoms with Gasteiger partial charge in [0.25, 0.3) is 5.56 Å². The molecule has 0 spiro atoms. The SMILES string of the molecule is COC(=O)Nc1cccc(COc2ccc(C(=O)[C@H]3CC[C@@H](Cn4nnc5ccc(C(F)(F)F)cc5c4=O)[C@@H]3C(=O)O)cc2)c1. The highest BCUT2D eigenvalue weighted by atomic mass is 19.4. The van der Waals surface area contributed by atoms with Gasteiger partial charge >= 0.3 is 18.2 Å². The number of fused-ring (bicyclic) bond motifs is 1. The number of alkyl halides is 3. The Labute approximate surface area is 253 Å². The van der Waals surface area contributed by atoms with E-state index in [4.69, 9.17) is 4.74 Å². The minimum absolute atomic E-state index is 0.0185. The number of carbonyl (C=O) groups is 3. The van der Waals surface area contributed by atoms with Gasteiger partial charge in [0, 0.05) is 17.2 Å². The molecule has 234 valence electrons. The first-order valence-corrected chi connectivity index (χ1v) is 13.8. The summed E-state index contributed by atoms with van der Waals surface area (Å²) in [6, 6.07) is 15.8. The number of ketones is 1. The summed E-state index contributed by atoms with van der Waals surface area (Å²) in [6.07, 6.45) is -4.75. The Hall–Kier alpha value is -5.27. The van der Waals surface area contributed by atoms with Crippen molar-refractivity contribution in [1.82, 2.24) is 15.0 Å². The third-order valence-electron chi connectivity index (χ3n) is 7.77. The maximum atomic E-state index is 13.4. The number of anilines is 1. The number of nitrogens with one attached hydrogen (secondary N) is 1. The highest BCUT2D eigenvalue weighted by Gasteiger charge is 2.45. The van der Waals surface area contributed by atoms with Crippen molar-refractivity contribution in [3.8, 4) is 5.75 Å². The van der Waals surface area contributed by atoms with Crippen molar-refractivity contribution in [3.63, 3.8) is 0 Å². The third kappa shape index (κ3) is 6.95. The monoisotopic (exact) mass is 624 g/mol. The van der Waals surface area contributed by atoms with Gasteiger partial charge in [-0.1, -0.05) is 17.3 Å². The lowest BCUT2D eigenvalue weighted by Crippen LogP contribution is -2.34. The zero-order valence-corrected chi connectivity index (χ0v) is 23.8. The summed E-state index contributed by atoms with van der Waals surface area (Å²) in [5.41, 5.74) is -0.283. The second-order valence-corrected chi connectivity index (χ2v) is 10.6. The van der Waals surface area contributed by atoms with E-state index in [1.54, 1.807) is 36.4 Å². The molecule has 5 rings (SSSR count). The third-order valence-corrected chi connectivity index (χ3v) is 7.77. The van der Waals surface area contributed by atoms with E-state index in [0.717, 1.165) is 22.4 Å². The van der Waals surface area contributed by atoms with Crippen LogP contribution in [0.5, 0.6) is 5.75 Å². The predicted octanol–water partition coefficient (Wildman–Crippen LogP) is 5.18. The van der Waals surface area contributed by atoms with Crippen LogP contribution in [0.2, 0.25) is 0 Å². The standard InChI is InChI=1S/C31H27F3N4O7/c1-44-30(43)35-21-4-2-3-17(13-21)16-45-22-9-5-18(6-10-22)27(39)23-11-7-19(26(23)29(41)42)15-38-28(40)24-14-20(31(32,33)34)8-12-25(24)36-37-38/h2-6,8-10,12-14,19,23,26H,7,11,15-16H2,1H3,(H,35,43)(H,41,42)/t19-,23-,26-/m0/s1. The average Bonchev–Trinajstić information content (AvgIpc) is 3.45. The van der Waals surface area contributed by atoms with Gasteiger partial charge in [0.05, 0.1) is 30.5 Å². The number of aliphatic carboxylic acids is 1. The minimum Gasteiger partial charge on any atom is -0.489 e. The summed E-state index contributed by atoms with van der Waals surface area (Å²) in [6.45, 7) is -0.0498. The second-order valence-electron chi connectivity index (χ2n) is 10.6. The van der Waals surface area contributed by atoms with Crippen molar-refractivity contribution in [3.05, 3.63) is 93.8 Å². The second kappa shape index (κ2) is 12.8. The molecular weight excluding hydrogens is 597 g/mol. The Morgan fingerprint density at radius 1 is 1.04 bits per heavy atom. The number of halogens is 3. The Kier molecular flexibility index (Phi) is 8.84. The van der Waals surface area contributed by atoms with Crippen molar-refractivity contribution in [2.75, 3.05) is 12.4 Å². The molecule has 3 atom stereocenters. The number of ether oxygens (including phenoxy) is 2. The van der Waals surface area contributed by atoms with E-state index < -0.39 is 47.1 Å². The summed E-state index contributed by atoms with van der Waals surface area (Å²) in [5.74, 6) is -3.86. The van der Waals surface area contributed by atoms with Gasteiger partial charge in [-0.3, -0.25) is 19.7 Å². The number of hydrogen-bond acceptors (Lipinski definition) is 8. The number of Topliss-reactive ketones (excluding diaryl/α,β-unsaturated/α-hetero) is 1. The average molecular weight is 625 g/mol. The van der Waals surface area contributed by atoms with Crippen LogP contribution in [0.3, 0.4) is 0 Å². The normalized spacial score (nSPS) is 18.0. The number of hydrogen-bond donors (Lipinski definition) is 2. The van der Waals surface area contributed by atoms with E-state index in [0.29, 0.717) is 17.5 Å². The molecule has 11 nitrogen and oxygen atoms in total. The molecule has 0 unspecified atom stereocenters. The van der Waals surface area contributed by atoms with Gasteiger partial charge in [0.2, 0.25) is 0 Å². The molecule has 1 heterocycles.